The number of aliphatic hydroxyl groups is 1. The molecule has 3 aromatic rings. The van der Waals surface area contributed by atoms with Crippen LogP contribution in [-0.2, 0) is 6.18 Å². The predicted molar refractivity (Wildman–Crippen MR) is 90.7 cm³/mol. The number of alkyl halides is 3. The molecule has 0 atom stereocenters. The molecule has 26 heavy (non-hydrogen) atoms. The first-order valence-electron chi connectivity index (χ1n) is 7.41. The van der Waals surface area contributed by atoms with Crippen molar-refractivity contribution in [2.45, 2.75) is 6.18 Å². The zero-order valence-corrected chi connectivity index (χ0v) is 13.8. The summed E-state index contributed by atoms with van der Waals surface area (Å²) in [5, 5.41) is 11.7. The topological polar surface area (TPSA) is 80.0 Å². The Morgan fingerprint density at radius 1 is 1.19 bits per heavy atom. The molecule has 2 aromatic heterocycles. The van der Waals surface area contributed by atoms with Crippen LogP contribution in [0.1, 0.15) is 5.56 Å². The van der Waals surface area contributed by atoms with Crippen LogP contribution in [0.4, 0.5) is 19.0 Å². The maximum absolute atomic E-state index is 13.1. The van der Waals surface area contributed by atoms with Gasteiger partial charge in [-0.05, 0) is 24.3 Å². The molecular formula is C16H12ClF3N4O2. The van der Waals surface area contributed by atoms with Crippen LogP contribution < -0.4 is 10.9 Å². The third-order valence-corrected chi connectivity index (χ3v) is 3.94. The highest BCUT2D eigenvalue weighted by molar-refractivity contribution is 6.31. The van der Waals surface area contributed by atoms with Crippen molar-refractivity contribution in [1.82, 2.24) is 14.5 Å². The van der Waals surface area contributed by atoms with E-state index in [1.165, 1.54) is 24.5 Å². The highest BCUT2D eigenvalue weighted by Gasteiger charge is 2.33. The molecule has 3 rings (SSSR count). The lowest BCUT2D eigenvalue weighted by molar-refractivity contribution is -0.137. The molecule has 0 amide bonds. The predicted octanol–water partition coefficient (Wildman–Crippen LogP) is 2.86. The summed E-state index contributed by atoms with van der Waals surface area (Å²) in [6.07, 6.45) is -3.48. The molecule has 0 unspecified atom stereocenters. The molecule has 0 fully saturated rings. The van der Waals surface area contributed by atoms with Gasteiger partial charge in [-0.25, -0.2) is 9.97 Å². The van der Waals surface area contributed by atoms with E-state index in [0.717, 1.165) is 16.7 Å². The first kappa shape index (κ1) is 18.2. The average Bonchev–Trinajstić information content (AvgIpc) is 2.59. The fourth-order valence-electron chi connectivity index (χ4n) is 2.49. The number of aromatic nitrogens is 3. The number of halogens is 4. The van der Waals surface area contributed by atoms with Gasteiger partial charge in [0.25, 0.3) is 5.56 Å². The van der Waals surface area contributed by atoms with Crippen LogP contribution in [0, 0.1) is 0 Å². The van der Waals surface area contributed by atoms with Crippen LogP contribution in [0.5, 0.6) is 0 Å². The number of hydrogen-bond acceptors (Lipinski definition) is 5. The summed E-state index contributed by atoms with van der Waals surface area (Å²) in [5.74, 6) is 0.350. The minimum absolute atomic E-state index is 0.0240. The molecule has 0 spiro atoms. The fourth-order valence-corrected chi connectivity index (χ4v) is 2.71. The average molecular weight is 385 g/mol. The van der Waals surface area contributed by atoms with Crippen LogP contribution in [0.15, 0.2) is 41.5 Å². The monoisotopic (exact) mass is 384 g/mol. The number of rotatable bonds is 4. The number of aliphatic hydroxyl groups excluding tert-OH is 1. The third kappa shape index (κ3) is 3.35. The highest BCUT2D eigenvalue weighted by atomic mass is 35.5. The first-order valence-corrected chi connectivity index (χ1v) is 7.79. The van der Waals surface area contributed by atoms with Gasteiger partial charge in [0.1, 0.15) is 12.1 Å². The second-order valence-corrected chi connectivity index (χ2v) is 5.69. The van der Waals surface area contributed by atoms with E-state index in [0.29, 0.717) is 11.2 Å². The van der Waals surface area contributed by atoms with Crippen molar-refractivity contribution < 1.29 is 18.3 Å². The maximum atomic E-state index is 13.1. The van der Waals surface area contributed by atoms with E-state index in [1.807, 2.05) is 0 Å². The quantitative estimate of drug-likeness (QED) is 0.723. The van der Waals surface area contributed by atoms with E-state index in [4.69, 9.17) is 16.7 Å². The van der Waals surface area contributed by atoms with Crippen LogP contribution in [0.25, 0.3) is 16.7 Å². The van der Waals surface area contributed by atoms with Crippen molar-refractivity contribution in [2.75, 3.05) is 18.5 Å². The van der Waals surface area contributed by atoms with Gasteiger partial charge in [-0.3, -0.25) is 9.36 Å². The first-order chi connectivity index (χ1) is 12.3. The van der Waals surface area contributed by atoms with Crippen LogP contribution in [-0.4, -0.2) is 32.8 Å². The zero-order chi connectivity index (χ0) is 18.9. The summed E-state index contributed by atoms with van der Waals surface area (Å²) in [4.78, 5) is 20.4. The molecule has 0 radical (unpaired) electrons. The Labute approximate surface area is 149 Å². The molecule has 2 N–H and O–H groups in total. The molecule has 0 aliphatic carbocycles. The second-order valence-electron chi connectivity index (χ2n) is 5.28. The van der Waals surface area contributed by atoms with Gasteiger partial charge in [-0.15, -0.1) is 0 Å². The molecule has 136 valence electrons. The molecule has 0 bridgehead atoms. The molecule has 1 aromatic carbocycles. The van der Waals surface area contributed by atoms with Crippen molar-refractivity contribution >= 4 is 28.5 Å². The Morgan fingerprint density at radius 3 is 2.65 bits per heavy atom. The number of nitrogens with zero attached hydrogens (tertiary/aromatic N) is 3. The van der Waals surface area contributed by atoms with Gasteiger partial charge in [-0.1, -0.05) is 11.6 Å². The lowest BCUT2D eigenvalue weighted by Crippen LogP contribution is -2.20. The minimum Gasteiger partial charge on any atom is -0.395 e. The van der Waals surface area contributed by atoms with Gasteiger partial charge in [-0.2, -0.15) is 13.2 Å². The third-order valence-electron chi connectivity index (χ3n) is 3.61. The molecule has 0 saturated carbocycles. The summed E-state index contributed by atoms with van der Waals surface area (Å²) < 4.78 is 40.4. The number of fused-ring (bicyclic) bond motifs is 1. The Kier molecular flexibility index (Phi) is 4.84. The summed E-state index contributed by atoms with van der Waals surface area (Å²) in [5.41, 5.74) is -1.50. The van der Waals surface area contributed by atoms with Gasteiger partial charge in [0, 0.05) is 12.6 Å². The molecule has 6 nitrogen and oxygen atoms in total. The van der Waals surface area contributed by atoms with Gasteiger partial charge in [0.05, 0.1) is 28.3 Å². The largest absolute Gasteiger partial charge is 0.417 e. The zero-order valence-electron chi connectivity index (χ0n) is 13.1. The number of nitrogens with one attached hydrogen (secondary N) is 1. The molecule has 0 aliphatic heterocycles. The Morgan fingerprint density at radius 2 is 1.96 bits per heavy atom. The van der Waals surface area contributed by atoms with E-state index < -0.39 is 22.3 Å². The van der Waals surface area contributed by atoms with Crippen molar-refractivity contribution in [3.05, 3.63) is 57.6 Å². The SMILES string of the molecule is O=c1ccc2c(NCCO)ncnc2n1-c1ccc(Cl)c(C(F)(F)F)c1. The molecule has 0 aliphatic rings. The van der Waals surface area contributed by atoms with Gasteiger partial charge in [0.2, 0.25) is 0 Å². The summed E-state index contributed by atoms with van der Waals surface area (Å²) >= 11 is 5.64. The van der Waals surface area contributed by atoms with E-state index in [1.54, 1.807) is 0 Å². The van der Waals surface area contributed by atoms with Gasteiger partial charge in [0.15, 0.2) is 5.65 Å². The minimum atomic E-state index is -4.66. The normalized spacial score (nSPS) is 11.7. The van der Waals surface area contributed by atoms with Crippen LogP contribution in [0.3, 0.4) is 0 Å². The van der Waals surface area contributed by atoms with Crippen molar-refractivity contribution in [2.24, 2.45) is 0 Å². The Balaban J connectivity index is 2.26. The van der Waals surface area contributed by atoms with E-state index in [2.05, 4.69) is 15.3 Å². The second kappa shape index (κ2) is 6.93. The maximum Gasteiger partial charge on any atom is 0.417 e. The number of benzene rings is 1. The molecule has 2 heterocycles. The molecular weight excluding hydrogens is 373 g/mol. The van der Waals surface area contributed by atoms with Crippen LogP contribution >= 0.6 is 11.6 Å². The van der Waals surface area contributed by atoms with Gasteiger partial charge < -0.3 is 10.4 Å². The van der Waals surface area contributed by atoms with E-state index in [9.17, 15) is 18.0 Å². The van der Waals surface area contributed by atoms with E-state index >= 15 is 0 Å². The lowest BCUT2D eigenvalue weighted by Gasteiger charge is -2.14. The summed E-state index contributed by atoms with van der Waals surface area (Å²) in [7, 11) is 0. The van der Waals surface area contributed by atoms with Crippen LogP contribution in [0.2, 0.25) is 5.02 Å². The lowest BCUT2D eigenvalue weighted by atomic mass is 10.2. The summed E-state index contributed by atoms with van der Waals surface area (Å²) in [6, 6.07) is 5.86. The Hall–Kier alpha value is -2.65. The smallest absolute Gasteiger partial charge is 0.395 e. The number of hydrogen-bond donors (Lipinski definition) is 2. The summed E-state index contributed by atoms with van der Waals surface area (Å²) in [6.45, 7) is 0.0711. The number of pyridine rings is 1. The van der Waals surface area contributed by atoms with Gasteiger partial charge >= 0.3 is 6.18 Å². The van der Waals surface area contributed by atoms with Crippen molar-refractivity contribution in [1.29, 1.82) is 0 Å². The van der Waals surface area contributed by atoms with Crippen molar-refractivity contribution in [3.63, 3.8) is 0 Å². The number of anilines is 1. The standard InChI is InChI=1S/C16H12ClF3N4O2/c17-12-3-1-9(7-11(12)16(18,19)20)24-13(26)4-2-10-14(21-5-6-25)22-8-23-15(10)24/h1-4,7-8,25H,5-6H2,(H,21,22,23). The fraction of sp³-hybridized carbons (Fsp3) is 0.188. The molecule has 10 heteroatoms. The highest BCUT2D eigenvalue weighted by Crippen LogP contribution is 2.36. The van der Waals surface area contributed by atoms with E-state index in [-0.39, 0.29) is 24.5 Å². The Bertz CT molecular complexity index is 1020. The molecule has 0 saturated heterocycles. The van der Waals surface area contributed by atoms with Crippen molar-refractivity contribution in [3.8, 4) is 5.69 Å².